The summed E-state index contributed by atoms with van der Waals surface area (Å²) in [7, 11) is 1.95. The molecule has 2 N–H and O–H groups in total. The van der Waals surface area contributed by atoms with Crippen LogP contribution in [-0.2, 0) is 13.5 Å². The molecule has 1 saturated carbocycles. The van der Waals surface area contributed by atoms with Gasteiger partial charge in [-0.3, -0.25) is 0 Å². The number of rotatable bonds is 8. The third-order valence-corrected chi connectivity index (χ3v) is 6.78. The number of aromatic nitrogens is 6. The van der Waals surface area contributed by atoms with Crippen LogP contribution in [0.5, 0.6) is 0 Å². The van der Waals surface area contributed by atoms with Crippen LogP contribution in [0, 0.1) is 12.3 Å². The number of fused-ring (bicyclic) bond motifs is 1. The second-order valence-corrected chi connectivity index (χ2v) is 9.77. The lowest BCUT2D eigenvalue weighted by atomic mass is 9.70. The highest BCUT2D eigenvalue weighted by atomic mass is 15.2. The van der Waals surface area contributed by atoms with E-state index in [1.807, 2.05) is 30.8 Å². The maximum absolute atomic E-state index is 4.87. The van der Waals surface area contributed by atoms with Crippen LogP contribution in [0.4, 0.5) is 17.5 Å². The second kappa shape index (κ2) is 9.00. The molecule has 0 radical (unpaired) electrons. The van der Waals surface area contributed by atoms with E-state index in [2.05, 4.69) is 57.9 Å². The predicted octanol–water partition coefficient (Wildman–Crippen LogP) is 5.43. The van der Waals surface area contributed by atoms with Gasteiger partial charge in [0.25, 0.3) is 0 Å². The fraction of sp³-hybridized carbons (Fsp3) is 0.423. The average molecular weight is 457 g/mol. The highest BCUT2D eigenvalue weighted by Crippen LogP contribution is 2.40. The Balaban J connectivity index is 1.45. The van der Waals surface area contributed by atoms with Gasteiger partial charge in [0.1, 0.15) is 11.8 Å². The van der Waals surface area contributed by atoms with Gasteiger partial charge in [-0.15, -0.1) is 10.2 Å². The van der Waals surface area contributed by atoms with E-state index >= 15 is 0 Å². The van der Waals surface area contributed by atoms with Gasteiger partial charge in [-0.25, -0.2) is 15.0 Å². The zero-order valence-electron chi connectivity index (χ0n) is 20.4. The minimum absolute atomic E-state index is 0.353. The fourth-order valence-electron chi connectivity index (χ4n) is 4.61. The zero-order chi connectivity index (χ0) is 23.7. The van der Waals surface area contributed by atoms with Gasteiger partial charge in [0.05, 0.1) is 0 Å². The topological polar surface area (TPSA) is 93.4 Å². The van der Waals surface area contributed by atoms with Gasteiger partial charge in [-0.05, 0) is 61.4 Å². The molecule has 0 atom stereocenters. The van der Waals surface area contributed by atoms with Crippen LogP contribution in [-0.4, -0.2) is 36.3 Å². The molecule has 0 amide bonds. The van der Waals surface area contributed by atoms with E-state index < -0.39 is 0 Å². The summed E-state index contributed by atoms with van der Waals surface area (Å²) in [4.78, 5) is 14.2. The summed E-state index contributed by atoms with van der Waals surface area (Å²) in [6.07, 6.45) is 9.40. The van der Waals surface area contributed by atoms with Gasteiger partial charge >= 0.3 is 0 Å². The van der Waals surface area contributed by atoms with Crippen molar-refractivity contribution in [2.45, 2.75) is 52.9 Å². The Hall–Kier alpha value is -3.55. The minimum Gasteiger partial charge on any atom is -0.368 e. The zero-order valence-corrected chi connectivity index (χ0v) is 20.4. The van der Waals surface area contributed by atoms with E-state index in [1.54, 1.807) is 6.33 Å². The fourth-order valence-corrected chi connectivity index (χ4v) is 4.61. The molecule has 8 nitrogen and oxygen atoms in total. The third kappa shape index (κ3) is 4.44. The predicted molar refractivity (Wildman–Crippen MR) is 136 cm³/mol. The molecule has 1 aliphatic rings. The summed E-state index contributed by atoms with van der Waals surface area (Å²) in [6, 6.07) is 8.35. The third-order valence-electron chi connectivity index (χ3n) is 6.78. The maximum Gasteiger partial charge on any atom is 0.227 e. The molecule has 0 bridgehead atoms. The SMILES string of the molecule is CCCc1cc(-c2nncn2C)ccc1Nc1ncc2cc(C)nc(NCC3(C)CCC3)c2n1. The van der Waals surface area contributed by atoms with Gasteiger partial charge in [0, 0.05) is 42.1 Å². The number of benzene rings is 1. The molecule has 34 heavy (non-hydrogen) atoms. The van der Waals surface area contributed by atoms with Crippen LogP contribution >= 0.6 is 0 Å². The van der Waals surface area contributed by atoms with Gasteiger partial charge in [0.15, 0.2) is 11.6 Å². The van der Waals surface area contributed by atoms with E-state index in [9.17, 15) is 0 Å². The Labute approximate surface area is 200 Å². The molecule has 4 aromatic rings. The summed E-state index contributed by atoms with van der Waals surface area (Å²) in [6.45, 7) is 7.44. The Bertz CT molecular complexity index is 1320. The number of nitrogens with one attached hydrogen (secondary N) is 2. The largest absolute Gasteiger partial charge is 0.368 e. The van der Waals surface area contributed by atoms with Crippen LogP contribution in [0.1, 0.15) is 50.8 Å². The van der Waals surface area contributed by atoms with Crippen LogP contribution in [0.25, 0.3) is 22.3 Å². The Morgan fingerprint density at radius 1 is 1.15 bits per heavy atom. The first-order chi connectivity index (χ1) is 16.4. The van der Waals surface area contributed by atoms with E-state index in [-0.39, 0.29) is 0 Å². The van der Waals surface area contributed by atoms with Crippen molar-refractivity contribution in [1.29, 1.82) is 0 Å². The molecule has 1 aliphatic carbocycles. The monoisotopic (exact) mass is 456 g/mol. The molecule has 0 unspecified atom stereocenters. The van der Waals surface area contributed by atoms with Crippen molar-refractivity contribution in [2.24, 2.45) is 12.5 Å². The van der Waals surface area contributed by atoms with Crippen LogP contribution < -0.4 is 10.6 Å². The number of anilines is 3. The highest BCUT2D eigenvalue weighted by molar-refractivity contribution is 5.89. The van der Waals surface area contributed by atoms with Gasteiger partial charge in [0.2, 0.25) is 5.95 Å². The summed E-state index contributed by atoms with van der Waals surface area (Å²) < 4.78 is 1.93. The van der Waals surface area contributed by atoms with Gasteiger partial charge in [-0.2, -0.15) is 0 Å². The number of aryl methyl sites for hydroxylation is 3. The van der Waals surface area contributed by atoms with Crippen molar-refractivity contribution >= 4 is 28.4 Å². The Morgan fingerprint density at radius 3 is 2.71 bits per heavy atom. The molecule has 5 rings (SSSR count). The standard InChI is InChI=1S/C26H32N8/c1-5-7-18-13-19(24-33-29-16-34(24)4)8-9-21(18)31-25-27-14-20-12-17(2)30-23(22(20)32-25)28-15-26(3)10-6-11-26/h8-9,12-14,16H,5-7,10-11,15H2,1-4H3,(H,28,30)(H,27,31,32). The van der Waals surface area contributed by atoms with Gasteiger partial charge < -0.3 is 15.2 Å². The summed E-state index contributed by atoms with van der Waals surface area (Å²) in [5.74, 6) is 2.25. The Morgan fingerprint density at radius 2 is 2.00 bits per heavy atom. The Kier molecular flexibility index (Phi) is 5.89. The normalized spacial score (nSPS) is 14.7. The molecular formula is C26H32N8. The van der Waals surface area contributed by atoms with Crippen molar-refractivity contribution in [2.75, 3.05) is 17.2 Å². The highest BCUT2D eigenvalue weighted by Gasteiger charge is 2.31. The van der Waals surface area contributed by atoms with Crippen molar-refractivity contribution in [3.63, 3.8) is 0 Å². The lowest BCUT2D eigenvalue weighted by Gasteiger charge is -2.38. The molecule has 3 heterocycles. The maximum atomic E-state index is 4.87. The second-order valence-electron chi connectivity index (χ2n) is 9.77. The van der Waals surface area contributed by atoms with Crippen LogP contribution in [0.3, 0.4) is 0 Å². The molecule has 0 aliphatic heterocycles. The molecule has 0 saturated heterocycles. The smallest absolute Gasteiger partial charge is 0.227 e. The van der Waals surface area contributed by atoms with Crippen molar-refractivity contribution in [1.82, 2.24) is 29.7 Å². The summed E-state index contributed by atoms with van der Waals surface area (Å²) in [5, 5.41) is 16.3. The van der Waals surface area contributed by atoms with Crippen LogP contribution in [0.2, 0.25) is 0 Å². The number of hydrogen-bond acceptors (Lipinski definition) is 7. The lowest BCUT2D eigenvalue weighted by Crippen LogP contribution is -2.33. The molecular weight excluding hydrogens is 424 g/mol. The van der Waals surface area contributed by atoms with E-state index in [1.165, 1.54) is 24.8 Å². The first-order valence-electron chi connectivity index (χ1n) is 12.1. The summed E-state index contributed by atoms with van der Waals surface area (Å²) in [5.41, 5.74) is 5.41. The van der Waals surface area contributed by atoms with Gasteiger partial charge in [-0.1, -0.05) is 26.7 Å². The lowest BCUT2D eigenvalue weighted by molar-refractivity contribution is 0.180. The van der Waals surface area contributed by atoms with Crippen molar-refractivity contribution in [3.05, 3.63) is 48.0 Å². The molecule has 176 valence electrons. The van der Waals surface area contributed by atoms with Crippen molar-refractivity contribution in [3.8, 4) is 11.4 Å². The van der Waals surface area contributed by atoms with Crippen LogP contribution in [0.15, 0.2) is 36.8 Å². The van der Waals surface area contributed by atoms with Crippen molar-refractivity contribution < 1.29 is 0 Å². The molecule has 0 spiro atoms. The molecule has 1 aromatic carbocycles. The molecule has 3 aromatic heterocycles. The average Bonchev–Trinajstić information content (AvgIpc) is 3.23. The molecule has 1 fully saturated rings. The van der Waals surface area contributed by atoms with E-state index in [0.29, 0.717) is 11.4 Å². The quantitative estimate of drug-likeness (QED) is 0.365. The number of hydrogen-bond donors (Lipinski definition) is 2. The minimum atomic E-state index is 0.353. The first kappa shape index (κ1) is 22.3. The van der Waals surface area contributed by atoms with E-state index in [4.69, 9.17) is 9.97 Å². The number of nitrogens with zero attached hydrogens (tertiary/aromatic N) is 6. The molecule has 8 heteroatoms. The first-order valence-corrected chi connectivity index (χ1v) is 12.1. The summed E-state index contributed by atoms with van der Waals surface area (Å²) >= 11 is 0. The number of pyridine rings is 1. The van der Waals surface area contributed by atoms with E-state index in [0.717, 1.165) is 58.9 Å².